The van der Waals surface area contributed by atoms with Crippen LogP contribution in [0.5, 0.6) is 0 Å². The number of nitriles is 1. The third kappa shape index (κ3) is 3.99. The molecule has 2 aromatic carbocycles. The summed E-state index contributed by atoms with van der Waals surface area (Å²) in [6.07, 6.45) is 0. The van der Waals surface area contributed by atoms with Crippen molar-refractivity contribution in [3.63, 3.8) is 0 Å². The van der Waals surface area contributed by atoms with Crippen LogP contribution in [0, 0.1) is 25.2 Å². The van der Waals surface area contributed by atoms with Crippen molar-refractivity contribution in [2.75, 3.05) is 38.1 Å². The molecule has 8 heteroatoms. The number of aromatic nitrogens is 2. The van der Waals surface area contributed by atoms with Crippen molar-refractivity contribution in [2.45, 2.75) is 24.0 Å². The number of benzene rings is 2. The molecule has 31 heavy (non-hydrogen) atoms. The van der Waals surface area contributed by atoms with Crippen molar-refractivity contribution >= 4 is 26.7 Å². The summed E-state index contributed by atoms with van der Waals surface area (Å²) in [5.41, 5.74) is 2.89. The maximum Gasteiger partial charge on any atom is 0.200 e. The fraction of sp³-hybridized carbons (Fsp3) is 0.348. The van der Waals surface area contributed by atoms with E-state index < -0.39 is 15.1 Å². The SMILES string of the molecule is Cc1ccc(C)c(S(=O)(=O)[C@@H](C#N)c2nc3ccccc3nc2N2CCN(C)CC2)c1. The number of hydrogen-bond donors (Lipinski definition) is 0. The van der Waals surface area contributed by atoms with Gasteiger partial charge in [-0.25, -0.2) is 18.4 Å². The topological polar surface area (TPSA) is 90.2 Å². The van der Waals surface area contributed by atoms with E-state index >= 15 is 0 Å². The predicted molar refractivity (Wildman–Crippen MR) is 121 cm³/mol. The van der Waals surface area contributed by atoms with E-state index in [9.17, 15) is 13.7 Å². The molecular formula is C23H25N5O2S. The van der Waals surface area contributed by atoms with Gasteiger partial charge in [-0.05, 0) is 50.2 Å². The molecule has 7 nitrogen and oxygen atoms in total. The van der Waals surface area contributed by atoms with E-state index in [1.165, 1.54) is 0 Å². The molecule has 0 radical (unpaired) electrons. The molecule has 1 aliphatic heterocycles. The molecule has 0 aliphatic carbocycles. The van der Waals surface area contributed by atoms with E-state index in [0.717, 1.165) is 18.7 Å². The van der Waals surface area contributed by atoms with Crippen molar-refractivity contribution in [1.29, 1.82) is 5.26 Å². The van der Waals surface area contributed by atoms with Crippen molar-refractivity contribution in [3.8, 4) is 6.07 Å². The lowest BCUT2D eigenvalue weighted by Crippen LogP contribution is -2.45. The Hall–Kier alpha value is -3.02. The van der Waals surface area contributed by atoms with E-state index in [-0.39, 0.29) is 10.6 Å². The van der Waals surface area contributed by atoms with Crippen LogP contribution in [0.15, 0.2) is 47.4 Å². The lowest BCUT2D eigenvalue weighted by molar-refractivity contribution is 0.312. The molecule has 2 heterocycles. The van der Waals surface area contributed by atoms with Gasteiger partial charge < -0.3 is 9.80 Å². The monoisotopic (exact) mass is 435 g/mol. The Morgan fingerprint density at radius 2 is 1.65 bits per heavy atom. The fourth-order valence-electron chi connectivity index (χ4n) is 3.85. The predicted octanol–water partition coefficient (Wildman–Crippen LogP) is 3.04. The first-order valence-electron chi connectivity index (χ1n) is 10.2. The van der Waals surface area contributed by atoms with Crippen LogP contribution in [0.25, 0.3) is 11.0 Å². The number of rotatable bonds is 4. The number of piperazine rings is 1. The van der Waals surface area contributed by atoms with Gasteiger partial charge in [0.2, 0.25) is 9.84 Å². The number of nitrogens with zero attached hydrogens (tertiary/aromatic N) is 5. The summed E-state index contributed by atoms with van der Waals surface area (Å²) < 4.78 is 27.3. The Morgan fingerprint density at radius 3 is 2.29 bits per heavy atom. The third-order valence-corrected chi connectivity index (χ3v) is 7.71. The summed E-state index contributed by atoms with van der Waals surface area (Å²) >= 11 is 0. The van der Waals surface area contributed by atoms with Crippen LogP contribution in [-0.2, 0) is 9.84 Å². The van der Waals surface area contributed by atoms with Crippen molar-refractivity contribution in [3.05, 3.63) is 59.3 Å². The van der Waals surface area contributed by atoms with E-state index in [1.54, 1.807) is 25.1 Å². The van der Waals surface area contributed by atoms with Crippen molar-refractivity contribution in [2.24, 2.45) is 0 Å². The number of hydrogen-bond acceptors (Lipinski definition) is 7. The first-order chi connectivity index (χ1) is 14.8. The van der Waals surface area contributed by atoms with Crippen LogP contribution in [0.1, 0.15) is 22.1 Å². The Kier molecular flexibility index (Phi) is 5.65. The van der Waals surface area contributed by atoms with Gasteiger partial charge in [-0.1, -0.05) is 24.3 Å². The summed E-state index contributed by atoms with van der Waals surface area (Å²) in [4.78, 5) is 13.8. The minimum absolute atomic E-state index is 0.165. The molecular weight excluding hydrogens is 410 g/mol. The Morgan fingerprint density at radius 1 is 1.00 bits per heavy atom. The van der Waals surface area contributed by atoms with Crippen LogP contribution in [0.3, 0.4) is 0 Å². The summed E-state index contributed by atoms with van der Waals surface area (Å²) in [6, 6.07) is 14.6. The second-order valence-electron chi connectivity index (χ2n) is 8.03. The highest BCUT2D eigenvalue weighted by Gasteiger charge is 2.36. The largest absolute Gasteiger partial charge is 0.352 e. The van der Waals surface area contributed by atoms with Crippen LogP contribution < -0.4 is 4.90 Å². The van der Waals surface area contributed by atoms with Crippen molar-refractivity contribution in [1.82, 2.24) is 14.9 Å². The van der Waals surface area contributed by atoms with E-state index in [2.05, 4.69) is 9.88 Å². The molecule has 0 bridgehead atoms. The first-order valence-corrected chi connectivity index (χ1v) is 11.8. The lowest BCUT2D eigenvalue weighted by Gasteiger charge is -2.34. The molecule has 3 aromatic rings. The van der Waals surface area contributed by atoms with Crippen LogP contribution in [0.4, 0.5) is 5.82 Å². The van der Waals surface area contributed by atoms with Gasteiger partial charge in [0.15, 0.2) is 11.1 Å². The molecule has 1 atom stereocenters. The van der Waals surface area contributed by atoms with Gasteiger partial charge in [0.25, 0.3) is 0 Å². The number of fused-ring (bicyclic) bond motifs is 1. The average Bonchev–Trinajstić information content (AvgIpc) is 2.76. The number of aryl methyl sites for hydroxylation is 2. The zero-order chi connectivity index (χ0) is 22.2. The molecule has 0 spiro atoms. The second-order valence-corrected chi connectivity index (χ2v) is 10.0. The average molecular weight is 436 g/mol. The third-order valence-electron chi connectivity index (χ3n) is 5.71. The number of sulfone groups is 1. The first kappa shape index (κ1) is 21.2. The lowest BCUT2D eigenvalue weighted by atomic mass is 10.2. The molecule has 1 aromatic heterocycles. The molecule has 4 rings (SSSR count). The van der Waals surface area contributed by atoms with E-state index in [4.69, 9.17) is 4.98 Å². The Balaban J connectivity index is 1.91. The molecule has 1 fully saturated rings. The minimum atomic E-state index is -4.00. The Labute approximate surface area is 182 Å². The maximum atomic E-state index is 13.6. The normalized spacial score (nSPS) is 16.3. The number of likely N-dealkylation sites (N-methyl/N-ethyl adjacent to an activating group) is 1. The second kappa shape index (κ2) is 8.25. The van der Waals surface area contributed by atoms with E-state index in [1.807, 2.05) is 49.2 Å². The Bertz CT molecular complexity index is 1270. The molecule has 0 amide bonds. The van der Waals surface area contributed by atoms with E-state index in [0.29, 0.717) is 35.5 Å². The molecule has 0 unspecified atom stereocenters. The number of para-hydroxylation sites is 2. The van der Waals surface area contributed by atoms with Crippen LogP contribution >= 0.6 is 0 Å². The molecule has 1 aliphatic rings. The minimum Gasteiger partial charge on any atom is -0.352 e. The molecule has 0 N–H and O–H groups in total. The maximum absolute atomic E-state index is 13.6. The van der Waals surface area contributed by atoms with Gasteiger partial charge in [0.05, 0.1) is 22.0 Å². The smallest absolute Gasteiger partial charge is 0.200 e. The van der Waals surface area contributed by atoms with Crippen LogP contribution in [-0.4, -0.2) is 56.5 Å². The quantitative estimate of drug-likeness (QED) is 0.622. The van der Waals surface area contributed by atoms with Crippen LogP contribution in [0.2, 0.25) is 0 Å². The van der Waals surface area contributed by atoms with Gasteiger partial charge in [-0.2, -0.15) is 5.26 Å². The summed E-state index contributed by atoms with van der Waals surface area (Å²) in [7, 11) is -1.95. The van der Waals surface area contributed by atoms with Crippen molar-refractivity contribution < 1.29 is 8.42 Å². The van der Waals surface area contributed by atoms with Gasteiger partial charge in [-0.15, -0.1) is 0 Å². The fourth-order valence-corrected chi connectivity index (χ4v) is 5.56. The van der Waals surface area contributed by atoms with Gasteiger partial charge in [-0.3, -0.25) is 0 Å². The molecule has 0 saturated carbocycles. The molecule has 160 valence electrons. The summed E-state index contributed by atoms with van der Waals surface area (Å²) in [5.74, 6) is 0.479. The number of anilines is 1. The van der Waals surface area contributed by atoms with Gasteiger partial charge in [0.1, 0.15) is 5.69 Å². The highest BCUT2D eigenvalue weighted by molar-refractivity contribution is 7.92. The zero-order valence-electron chi connectivity index (χ0n) is 17.9. The standard InChI is InChI=1S/C23H25N5O2S/c1-16-8-9-17(2)20(14-16)31(29,30)21(15-24)22-23(28-12-10-27(3)11-13-28)26-19-7-5-4-6-18(19)25-22/h4-9,14,21H,10-13H2,1-3H3/t21-/m0/s1. The highest BCUT2D eigenvalue weighted by Crippen LogP contribution is 2.35. The molecule has 1 saturated heterocycles. The highest BCUT2D eigenvalue weighted by atomic mass is 32.2. The summed E-state index contributed by atoms with van der Waals surface area (Å²) in [6.45, 7) is 6.62. The summed E-state index contributed by atoms with van der Waals surface area (Å²) in [5, 5.41) is 8.61. The van der Waals surface area contributed by atoms with Gasteiger partial charge in [0, 0.05) is 26.2 Å². The zero-order valence-corrected chi connectivity index (χ0v) is 18.7. The van der Waals surface area contributed by atoms with Gasteiger partial charge >= 0.3 is 0 Å².